The van der Waals surface area contributed by atoms with Crippen LogP contribution in [0.5, 0.6) is 0 Å². The minimum Gasteiger partial charge on any atom is -0.458 e. The summed E-state index contributed by atoms with van der Waals surface area (Å²) in [6.45, 7) is 2.00. The minimum absolute atomic E-state index is 0.0771. The topological polar surface area (TPSA) is 88.0 Å². The molecule has 0 spiro atoms. The molecule has 0 bridgehead atoms. The van der Waals surface area contributed by atoms with Crippen molar-refractivity contribution in [2.75, 3.05) is 5.32 Å². The molecule has 6 heteroatoms. The van der Waals surface area contributed by atoms with E-state index in [2.05, 4.69) is 15.3 Å². The Morgan fingerprint density at radius 3 is 2.58 bits per heavy atom. The maximum Gasteiger partial charge on any atom is 0.354 e. The number of anilines is 1. The number of nitrogens with one attached hydrogen (secondary N) is 2. The smallest absolute Gasteiger partial charge is 0.354 e. The van der Waals surface area contributed by atoms with E-state index in [1.54, 1.807) is 18.6 Å². The highest BCUT2D eigenvalue weighted by Gasteiger charge is 2.27. The Morgan fingerprint density at radius 2 is 1.92 bits per heavy atom. The van der Waals surface area contributed by atoms with Crippen molar-refractivity contribution in [3.05, 3.63) is 54.0 Å². The predicted molar refractivity (Wildman–Crippen MR) is 100 cm³/mol. The number of nitrogens with zero attached hydrogens (tertiary/aromatic N) is 2. The molecule has 1 saturated carbocycles. The largest absolute Gasteiger partial charge is 0.458 e. The molecule has 1 heterocycles. The molecule has 0 saturated heterocycles. The van der Waals surface area contributed by atoms with Gasteiger partial charge in [0.25, 0.3) is 0 Å². The Kier molecular flexibility index (Phi) is 5.94. The van der Waals surface area contributed by atoms with Gasteiger partial charge in [-0.1, -0.05) is 36.2 Å². The van der Waals surface area contributed by atoms with Crippen LogP contribution in [0.25, 0.3) is 0 Å². The van der Waals surface area contributed by atoms with Crippen LogP contribution in [0.1, 0.15) is 49.3 Å². The fourth-order valence-corrected chi connectivity index (χ4v) is 3.12. The third kappa shape index (κ3) is 4.65. The van der Waals surface area contributed by atoms with Crippen LogP contribution in [0.3, 0.4) is 0 Å². The van der Waals surface area contributed by atoms with Crippen LogP contribution in [-0.4, -0.2) is 27.8 Å². The van der Waals surface area contributed by atoms with E-state index in [0.29, 0.717) is 5.82 Å². The lowest BCUT2D eigenvalue weighted by Crippen LogP contribution is -2.32. The monoisotopic (exact) mass is 352 g/mol. The first-order valence-electron chi connectivity index (χ1n) is 9.02. The van der Waals surface area contributed by atoms with Gasteiger partial charge in [-0.05, 0) is 38.2 Å². The number of benzene rings is 1. The molecule has 0 amide bonds. The van der Waals surface area contributed by atoms with E-state index in [0.717, 1.165) is 36.8 Å². The van der Waals surface area contributed by atoms with Gasteiger partial charge in [0.15, 0.2) is 0 Å². The number of aryl methyl sites for hydroxylation is 1. The molecule has 1 unspecified atom stereocenters. The minimum atomic E-state index is -0.636. The van der Waals surface area contributed by atoms with Gasteiger partial charge in [0.05, 0.1) is 6.20 Å². The molecule has 0 radical (unpaired) electrons. The van der Waals surface area contributed by atoms with Crippen molar-refractivity contribution in [1.82, 2.24) is 9.97 Å². The van der Waals surface area contributed by atoms with Crippen LogP contribution in [-0.2, 0) is 9.53 Å². The SMILES string of the molecule is Cc1ccc(C(Nc2cnccn2)C(=N)C(=O)OC2CCCCC2)cc1. The molecule has 6 nitrogen and oxygen atoms in total. The first-order valence-corrected chi connectivity index (χ1v) is 9.02. The molecule has 0 aliphatic heterocycles. The van der Waals surface area contributed by atoms with Crippen molar-refractivity contribution < 1.29 is 9.53 Å². The Balaban J connectivity index is 1.78. The fourth-order valence-electron chi connectivity index (χ4n) is 3.12. The Labute approximate surface area is 153 Å². The summed E-state index contributed by atoms with van der Waals surface area (Å²) in [5, 5.41) is 11.6. The number of aromatic nitrogens is 2. The van der Waals surface area contributed by atoms with Gasteiger partial charge in [0.1, 0.15) is 23.7 Å². The molecule has 1 aromatic carbocycles. The lowest BCUT2D eigenvalue weighted by atomic mass is 9.97. The normalized spacial score (nSPS) is 15.9. The first-order chi connectivity index (χ1) is 12.6. The Bertz CT molecular complexity index is 740. The van der Waals surface area contributed by atoms with Gasteiger partial charge in [-0.25, -0.2) is 9.78 Å². The number of esters is 1. The summed E-state index contributed by atoms with van der Waals surface area (Å²) in [5.74, 6) is -0.0628. The third-order valence-corrected chi connectivity index (χ3v) is 4.60. The van der Waals surface area contributed by atoms with E-state index in [9.17, 15) is 4.79 Å². The number of carbonyl (C=O) groups is 1. The lowest BCUT2D eigenvalue weighted by Gasteiger charge is -2.24. The van der Waals surface area contributed by atoms with Crippen molar-refractivity contribution in [2.45, 2.75) is 51.2 Å². The average Bonchev–Trinajstić information content (AvgIpc) is 2.68. The lowest BCUT2D eigenvalue weighted by molar-refractivity contribution is -0.142. The van der Waals surface area contributed by atoms with Gasteiger partial charge in [0.2, 0.25) is 0 Å². The average molecular weight is 352 g/mol. The van der Waals surface area contributed by atoms with Crippen LogP contribution < -0.4 is 5.32 Å². The van der Waals surface area contributed by atoms with E-state index < -0.39 is 12.0 Å². The summed E-state index contributed by atoms with van der Waals surface area (Å²) >= 11 is 0. The molecule has 1 aromatic heterocycles. The van der Waals surface area contributed by atoms with E-state index in [1.807, 2.05) is 31.2 Å². The molecule has 1 fully saturated rings. The zero-order chi connectivity index (χ0) is 18.4. The van der Waals surface area contributed by atoms with Crippen LogP contribution >= 0.6 is 0 Å². The second-order valence-corrected chi connectivity index (χ2v) is 6.66. The van der Waals surface area contributed by atoms with Crippen LogP contribution in [0.15, 0.2) is 42.9 Å². The maximum absolute atomic E-state index is 12.6. The quantitative estimate of drug-likeness (QED) is 0.609. The van der Waals surface area contributed by atoms with Crippen molar-refractivity contribution in [1.29, 1.82) is 5.41 Å². The first kappa shape index (κ1) is 18.0. The molecule has 1 aliphatic rings. The van der Waals surface area contributed by atoms with E-state index in [1.165, 1.54) is 6.42 Å². The summed E-state index contributed by atoms with van der Waals surface area (Å²) in [5.41, 5.74) is 1.81. The number of ether oxygens (including phenoxy) is 1. The molecule has 3 rings (SSSR count). The van der Waals surface area contributed by atoms with Crippen LogP contribution in [0.4, 0.5) is 5.82 Å². The van der Waals surface area contributed by atoms with Crippen molar-refractivity contribution in [2.24, 2.45) is 0 Å². The van der Waals surface area contributed by atoms with Crippen molar-refractivity contribution in [3.63, 3.8) is 0 Å². The molecule has 2 aromatic rings. The number of carbonyl (C=O) groups excluding carboxylic acids is 1. The van der Waals surface area contributed by atoms with E-state index in [4.69, 9.17) is 10.1 Å². The number of rotatable bonds is 6. The second kappa shape index (κ2) is 8.56. The van der Waals surface area contributed by atoms with Gasteiger partial charge in [-0.2, -0.15) is 0 Å². The molecule has 26 heavy (non-hydrogen) atoms. The zero-order valence-electron chi connectivity index (χ0n) is 14.9. The summed E-state index contributed by atoms with van der Waals surface area (Å²) in [7, 11) is 0. The highest BCUT2D eigenvalue weighted by molar-refractivity contribution is 6.37. The van der Waals surface area contributed by atoms with Gasteiger partial charge >= 0.3 is 5.97 Å². The van der Waals surface area contributed by atoms with Crippen LogP contribution in [0, 0.1) is 12.3 Å². The molecular weight excluding hydrogens is 328 g/mol. The standard InChI is InChI=1S/C20H24N4O2/c1-14-7-9-15(10-8-14)19(24-17-13-22-11-12-23-17)18(21)20(25)26-16-5-3-2-4-6-16/h7-13,16,19,21H,2-6H2,1H3,(H,23,24). The Hall–Kier alpha value is -2.76. The van der Waals surface area contributed by atoms with Crippen molar-refractivity contribution in [3.8, 4) is 0 Å². The summed E-state index contributed by atoms with van der Waals surface area (Å²) in [6, 6.07) is 7.10. The molecular formula is C20H24N4O2. The van der Waals surface area contributed by atoms with E-state index >= 15 is 0 Å². The summed E-state index contributed by atoms with van der Waals surface area (Å²) < 4.78 is 5.58. The van der Waals surface area contributed by atoms with E-state index in [-0.39, 0.29) is 11.8 Å². The van der Waals surface area contributed by atoms with Gasteiger partial charge in [-0.15, -0.1) is 0 Å². The highest BCUT2D eigenvalue weighted by atomic mass is 16.5. The Morgan fingerprint density at radius 1 is 1.19 bits per heavy atom. The predicted octanol–water partition coefficient (Wildman–Crippen LogP) is 3.83. The highest BCUT2D eigenvalue weighted by Crippen LogP contribution is 2.24. The van der Waals surface area contributed by atoms with Gasteiger partial charge < -0.3 is 10.1 Å². The molecule has 1 atom stereocenters. The molecule has 136 valence electrons. The van der Waals surface area contributed by atoms with Crippen LogP contribution in [0.2, 0.25) is 0 Å². The zero-order valence-corrected chi connectivity index (χ0v) is 14.9. The van der Waals surface area contributed by atoms with Crippen molar-refractivity contribution >= 4 is 17.5 Å². The summed E-state index contributed by atoms with van der Waals surface area (Å²) in [4.78, 5) is 20.8. The van der Waals surface area contributed by atoms with Gasteiger partial charge in [0, 0.05) is 12.4 Å². The maximum atomic E-state index is 12.6. The number of hydrogen-bond acceptors (Lipinski definition) is 6. The fraction of sp³-hybridized carbons (Fsp3) is 0.400. The number of hydrogen-bond donors (Lipinski definition) is 2. The molecule has 2 N–H and O–H groups in total. The molecule has 1 aliphatic carbocycles. The third-order valence-electron chi connectivity index (χ3n) is 4.60. The van der Waals surface area contributed by atoms with Gasteiger partial charge in [-0.3, -0.25) is 10.4 Å². The summed E-state index contributed by atoms with van der Waals surface area (Å²) in [6.07, 6.45) is 9.74. The second-order valence-electron chi connectivity index (χ2n) is 6.66.